The Morgan fingerprint density at radius 2 is 1.86 bits per heavy atom. The standard InChI is InChI=1S/C15H28N4O2/c1-15(2,3)21-14(20)18-11-7-10-17-13(16-4)19-12-8-5-6-9-12/h5-6,12H,7-11H2,1-4H3,(H,18,20)(H2,16,17,19). The van der Waals surface area contributed by atoms with E-state index in [1.165, 1.54) is 0 Å². The van der Waals surface area contributed by atoms with Gasteiger partial charge in [0.25, 0.3) is 0 Å². The maximum absolute atomic E-state index is 11.4. The molecule has 0 aromatic carbocycles. The van der Waals surface area contributed by atoms with Crippen LogP contribution in [0.3, 0.4) is 0 Å². The topological polar surface area (TPSA) is 74.8 Å². The number of ether oxygens (including phenoxy) is 1. The number of guanidine groups is 1. The molecule has 0 spiro atoms. The summed E-state index contributed by atoms with van der Waals surface area (Å²) in [6.07, 6.45) is 6.87. The minimum absolute atomic E-state index is 0.373. The molecule has 120 valence electrons. The summed E-state index contributed by atoms with van der Waals surface area (Å²) in [7, 11) is 1.76. The lowest BCUT2D eigenvalue weighted by molar-refractivity contribution is 0.0527. The van der Waals surface area contributed by atoms with E-state index in [0.717, 1.165) is 31.8 Å². The minimum Gasteiger partial charge on any atom is -0.444 e. The fraction of sp³-hybridized carbons (Fsp3) is 0.733. The van der Waals surface area contributed by atoms with Crippen molar-refractivity contribution in [3.05, 3.63) is 12.2 Å². The second-order valence-corrected chi connectivity index (χ2v) is 6.07. The van der Waals surface area contributed by atoms with Gasteiger partial charge in [0.1, 0.15) is 5.60 Å². The Bertz CT molecular complexity index is 378. The molecule has 0 saturated heterocycles. The van der Waals surface area contributed by atoms with Crippen molar-refractivity contribution in [1.82, 2.24) is 16.0 Å². The largest absolute Gasteiger partial charge is 0.444 e. The molecule has 0 unspecified atom stereocenters. The lowest BCUT2D eigenvalue weighted by Gasteiger charge is -2.20. The van der Waals surface area contributed by atoms with E-state index >= 15 is 0 Å². The summed E-state index contributed by atoms with van der Waals surface area (Å²) in [6.45, 7) is 6.87. The molecule has 6 nitrogen and oxygen atoms in total. The molecule has 0 saturated carbocycles. The van der Waals surface area contributed by atoms with Crippen LogP contribution >= 0.6 is 0 Å². The molecule has 21 heavy (non-hydrogen) atoms. The molecule has 1 amide bonds. The normalized spacial score (nSPS) is 15.9. The van der Waals surface area contributed by atoms with Crippen LogP contribution in [-0.4, -0.2) is 43.8 Å². The van der Waals surface area contributed by atoms with Gasteiger partial charge in [-0.15, -0.1) is 0 Å². The molecule has 0 bridgehead atoms. The van der Waals surface area contributed by atoms with Crippen LogP contribution in [0.2, 0.25) is 0 Å². The van der Waals surface area contributed by atoms with E-state index in [1.807, 2.05) is 20.8 Å². The number of aliphatic imine (C=N–C) groups is 1. The summed E-state index contributed by atoms with van der Waals surface area (Å²) < 4.78 is 5.16. The zero-order valence-corrected chi connectivity index (χ0v) is 13.5. The lowest BCUT2D eigenvalue weighted by Crippen LogP contribution is -2.43. The SMILES string of the molecule is CN=C(NCCCNC(=O)OC(C)(C)C)NC1CC=CC1. The highest BCUT2D eigenvalue weighted by molar-refractivity contribution is 5.80. The number of alkyl carbamates (subject to hydrolysis) is 1. The van der Waals surface area contributed by atoms with Crippen LogP contribution in [0.1, 0.15) is 40.0 Å². The van der Waals surface area contributed by atoms with Crippen molar-refractivity contribution in [2.45, 2.75) is 51.7 Å². The summed E-state index contributed by atoms with van der Waals surface area (Å²) in [4.78, 5) is 15.6. The summed E-state index contributed by atoms with van der Waals surface area (Å²) in [5, 5.41) is 9.33. The van der Waals surface area contributed by atoms with E-state index in [4.69, 9.17) is 4.74 Å². The number of carbonyl (C=O) groups is 1. The van der Waals surface area contributed by atoms with Crippen LogP contribution in [0, 0.1) is 0 Å². The highest BCUT2D eigenvalue weighted by atomic mass is 16.6. The Hall–Kier alpha value is -1.72. The van der Waals surface area contributed by atoms with Gasteiger partial charge < -0.3 is 20.7 Å². The zero-order valence-electron chi connectivity index (χ0n) is 13.5. The average Bonchev–Trinajstić information content (AvgIpc) is 2.87. The molecular formula is C15H28N4O2. The number of nitrogens with one attached hydrogen (secondary N) is 3. The first-order chi connectivity index (χ1) is 9.90. The Kier molecular flexibility index (Phi) is 7.05. The third-order valence-corrected chi connectivity index (χ3v) is 2.89. The first-order valence-electron chi connectivity index (χ1n) is 7.50. The van der Waals surface area contributed by atoms with Crippen LogP contribution in [0.25, 0.3) is 0 Å². The fourth-order valence-electron chi connectivity index (χ4n) is 1.92. The third kappa shape index (κ3) is 8.22. The van der Waals surface area contributed by atoms with Gasteiger partial charge in [-0.3, -0.25) is 4.99 Å². The molecule has 1 aliphatic rings. The van der Waals surface area contributed by atoms with Crippen LogP contribution in [0.5, 0.6) is 0 Å². The second kappa shape index (κ2) is 8.54. The van der Waals surface area contributed by atoms with Crippen molar-refractivity contribution in [3.63, 3.8) is 0 Å². The first-order valence-corrected chi connectivity index (χ1v) is 7.50. The predicted molar refractivity (Wildman–Crippen MR) is 85.5 cm³/mol. The number of hydrogen-bond acceptors (Lipinski definition) is 3. The number of nitrogens with zero attached hydrogens (tertiary/aromatic N) is 1. The maximum Gasteiger partial charge on any atom is 0.407 e. The van der Waals surface area contributed by atoms with E-state index < -0.39 is 5.60 Å². The predicted octanol–water partition coefficient (Wildman–Crippen LogP) is 1.78. The quantitative estimate of drug-likeness (QED) is 0.313. The highest BCUT2D eigenvalue weighted by Crippen LogP contribution is 2.08. The van der Waals surface area contributed by atoms with Crippen molar-refractivity contribution in [2.75, 3.05) is 20.1 Å². The van der Waals surface area contributed by atoms with Gasteiger partial charge in [0.05, 0.1) is 0 Å². The number of rotatable bonds is 5. The Labute approximate surface area is 127 Å². The first kappa shape index (κ1) is 17.3. The lowest BCUT2D eigenvalue weighted by atomic mass is 10.2. The van der Waals surface area contributed by atoms with Crippen molar-refractivity contribution in [2.24, 2.45) is 4.99 Å². The molecule has 0 atom stereocenters. The van der Waals surface area contributed by atoms with Crippen molar-refractivity contribution in [3.8, 4) is 0 Å². The van der Waals surface area contributed by atoms with Crippen LogP contribution in [0.4, 0.5) is 4.79 Å². The number of hydrogen-bond donors (Lipinski definition) is 3. The van der Waals surface area contributed by atoms with Gasteiger partial charge in [0, 0.05) is 26.2 Å². The molecule has 0 aliphatic heterocycles. The van der Waals surface area contributed by atoms with Crippen molar-refractivity contribution < 1.29 is 9.53 Å². The molecule has 0 heterocycles. The van der Waals surface area contributed by atoms with Crippen molar-refractivity contribution in [1.29, 1.82) is 0 Å². The van der Waals surface area contributed by atoms with Gasteiger partial charge in [-0.25, -0.2) is 4.79 Å². The van der Waals surface area contributed by atoms with Gasteiger partial charge >= 0.3 is 6.09 Å². The Morgan fingerprint density at radius 1 is 1.24 bits per heavy atom. The van der Waals surface area contributed by atoms with Crippen LogP contribution in [-0.2, 0) is 4.74 Å². The Morgan fingerprint density at radius 3 is 2.43 bits per heavy atom. The summed E-state index contributed by atoms with van der Waals surface area (Å²) >= 11 is 0. The van der Waals surface area contributed by atoms with Gasteiger partial charge in [-0.1, -0.05) is 12.2 Å². The van der Waals surface area contributed by atoms with E-state index in [-0.39, 0.29) is 6.09 Å². The molecule has 0 aromatic heterocycles. The third-order valence-electron chi connectivity index (χ3n) is 2.89. The molecule has 6 heteroatoms. The molecule has 0 radical (unpaired) electrons. The van der Waals surface area contributed by atoms with Gasteiger partial charge in [0.15, 0.2) is 5.96 Å². The number of carbonyl (C=O) groups excluding carboxylic acids is 1. The number of amides is 1. The second-order valence-electron chi connectivity index (χ2n) is 6.07. The molecule has 1 aliphatic carbocycles. The molecular weight excluding hydrogens is 268 g/mol. The smallest absolute Gasteiger partial charge is 0.407 e. The van der Waals surface area contributed by atoms with Crippen LogP contribution in [0.15, 0.2) is 17.1 Å². The van der Waals surface area contributed by atoms with Gasteiger partial charge in [0.2, 0.25) is 0 Å². The fourth-order valence-corrected chi connectivity index (χ4v) is 1.92. The van der Waals surface area contributed by atoms with E-state index in [2.05, 4.69) is 33.1 Å². The molecule has 1 rings (SSSR count). The van der Waals surface area contributed by atoms with E-state index in [0.29, 0.717) is 12.6 Å². The van der Waals surface area contributed by atoms with E-state index in [1.54, 1.807) is 7.05 Å². The van der Waals surface area contributed by atoms with Gasteiger partial charge in [-0.05, 0) is 40.0 Å². The Balaban J connectivity index is 2.08. The summed E-state index contributed by atoms with van der Waals surface area (Å²) in [6, 6.07) is 0.441. The maximum atomic E-state index is 11.4. The van der Waals surface area contributed by atoms with Gasteiger partial charge in [-0.2, -0.15) is 0 Å². The van der Waals surface area contributed by atoms with Crippen LogP contribution < -0.4 is 16.0 Å². The zero-order chi connectivity index (χ0) is 15.7. The monoisotopic (exact) mass is 296 g/mol. The highest BCUT2D eigenvalue weighted by Gasteiger charge is 2.15. The molecule has 0 fully saturated rings. The average molecular weight is 296 g/mol. The summed E-state index contributed by atoms with van der Waals surface area (Å²) in [5.74, 6) is 0.806. The minimum atomic E-state index is -0.455. The molecule has 0 aromatic rings. The van der Waals surface area contributed by atoms with E-state index in [9.17, 15) is 4.79 Å². The summed E-state index contributed by atoms with van der Waals surface area (Å²) in [5.41, 5.74) is -0.455. The molecule has 3 N–H and O–H groups in total. The van der Waals surface area contributed by atoms with Crippen molar-refractivity contribution >= 4 is 12.1 Å².